The highest BCUT2D eigenvalue weighted by Gasteiger charge is 2.16. The van der Waals surface area contributed by atoms with Gasteiger partial charge in [-0.05, 0) is 47.1 Å². The molecule has 0 aliphatic carbocycles. The largest absolute Gasteiger partial charge is 0.323 e. The van der Waals surface area contributed by atoms with Gasteiger partial charge in [0.15, 0.2) is 0 Å². The Hall–Kier alpha value is -2.06. The van der Waals surface area contributed by atoms with Crippen LogP contribution in [0.25, 0.3) is 11.0 Å². The third-order valence-electron chi connectivity index (χ3n) is 3.18. The Morgan fingerprint density at radius 2 is 1.64 bits per heavy atom. The molecule has 0 amide bonds. The average molecular weight is 382 g/mol. The molecule has 0 fully saturated rings. The topological polar surface area (TPSA) is 94.8 Å². The number of sulfonamides is 1. The molecule has 3 rings (SSSR count). The van der Waals surface area contributed by atoms with Crippen molar-refractivity contribution in [3.8, 4) is 0 Å². The number of rotatable bonds is 3. The van der Waals surface area contributed by atoms with Crippen molar-refractivity contribution >= 4 is 42.7 Å². The monoisotopic (exact) mass is 381 g/mol. The van der Waals surface area contributed by atoms with Gasteiger partial charge in [-0.15, -0.1) is 0 Å². The number of fused-ring (bicyclic) bond motifs is 1. The fraction of sp³-hybridized carbons (Fsp3) is 0.0714. The van der Waals surface area contributed by atoms with Crippen molar-refractivity contribution < 1.29 is 8.42 Å². The summed E-state index contributed by atoms with van der Waals surface area (Å²) in [4.78, 5) is 16.7. The molecular formula is C14H12BrN3O3S. The Labute approximate surface area is 134 Å². The molecule has 3 aromatic rings. The van der Waals surface area contributed by atoms with E-state index < -0.39 is 10.0 Å². The number of H-pyrrole nitrogens is 2. The molecule has 3 N–H and O–H groups in total. The van der Waals surface area contributed by atoms with E-state index in [1.165, 1.54) is 0 Å². The van der Waals surface area contributed by atoms with Crippen molar-refractivity contribution in [3.63, 3.8) is 0 Å². The van der Waals surface area contributed by atoms with Crippen LogP contribution in [0.1, 0.15) is 5.56 Å². The number of hydrogen-bond donors (Lipinski definition) is 3. The summed E-state index contributed by atoms with van der Waals surface area (Å²) in [5, 5.41) is 0. The lowest BCUT2D eigenvalue weighted by Gasteiger charge is -2.10. The van der Waals surface area contributed by atoms with E-state index in [1.54, 1.807) is 36.4 Å². The summed E-state index contributed by atoms with van der Waals surface area (Å²) >= 11 is 3.30. The summed E-state index contributed by atoms with van der Waals surface area (Å²) in [6, 6.07) is 9.75. The van der Waals surface area contributed by atoms with E-state index in [9.17, 15) is 13.2 Å². The molecule has 0 atom stereocenters. The molecule has 0 radical (unpaired) electrons. The number of halogens is 1. The van der Waals surface area contributed by atoms with Crippen LogP contribution < -0.4 is 10.4 Å². The Bertz CT molecular complexity index is 1000. The van der Waals surface area contributed by atoms with E-state index in [-0.39, 0.29) is 10.6 Å². The molecule has 0 unspecified atom stereocenters. The smallest absolute Gasteiger partial charge is 0.306 e. The zero-order valence-electron chi connectivity index (χ0n) is 11.5. The molecule has 6 nitrogen and oxygen atoms in total. The van der Waals surface area contributed by atoms with Gasteiger partial charge >= 0.3 is 5.69 Å². The predicted octanol–water partition coefficient (Wildman–Crippen LogP) is 2.73. The minimum absolute atomic E-state index is 0.174. The maximum Gasteiger partial charge on any atom is 0.323 e. The normalized spacial score (nSPS) is 11.7. The van der Waals surface area contributed by atoms with Crippen LogP contribution in [0.3, 0.4) is 0 Å². The molecule has 1 heterocycles. The molecule has 1 aromatic heterocycles. The molecule has 114 valence electrons. The van der Waals surface area contributed by atoms with Crippen molar-refractivity contribution in [2.24, 2.45) is 0 Å². The molecular weight excluding hydrogens is 370 g/mol. The van der Waals surface area contributed by atoms with E-state index in [2.05, 4.69) is 30.6 Å². The van der Waals surface area contributed by atoms with Crippen LogP contribution in [0.2, 0.25) is 0 Å². The highest BCUT2D eigenvalue weighted by Crippen LogP contribution is 2.28. The summed E-state index contributed by atoms with van der Waals surface area (Å²) in [6.45, 7) is 1.89. The number of imidazole rings is 1. The van der Waals surface area contributed by atoms with Crippen LogP contribution in [0.15, 0.2) is 50.6 Å². The number of hydrogen-bond acceptors (Lipinski definition) is 3. The number of benzene rings is 2. The van der Waals surface area contributed by atoms with Gasteiger partial charge in [0.1, 0.15) is 0 Å². The molecule has 8 heteroatoms. The van der Waals surface area contributed by atoms with Crippen LogP contribution in [0.5, 0.6) is 0 Å². The van der Waals surface area contributed by atoms with E-state index in [4.69, 9.17) is 0 Å². The Balaban J connectivity index is 2.03. The van der Waals surface area contributed by atoms with Gasteiger partial charge in [0.25, 0.3) is 10.0 Å². The summed E-state index contributed by atoms with van der Waals surface area (Å²) < 4.78 is 27.8. The second kappa shape index (κ2) is 5.29. The van der Waals surface area contributed by atoms with Crippen LogP contribution in [0, 0.1) is 6.92 Å². The Morgan fingerprint density at radius 1 is 1.05 bits per heavy atom. The van der Waals surface area contributed by atoms with Gasteiger partial charge in [-0.3, -0.25) is 4.72 Å². The van der Waals surface area contributed by atoms with Crippen molar-refractivity contribution in [1.29, 1.82) is 0 Å². The first kappa shape index (κ1) is 14.9. The number of nitrogens with one attached hydrogen (secondary N) is 3. The van der Waals surface area contributed by atoms with Crippen LogP contribution >= 0.6 is 15.9 Å². The van der Waals surface area contributed by atoms with E-state index in [1.807, 2.05) is 6.92 Å². The summed E-state index contributed by atoms with van der Waals surface area (Å²) in [5.74, 6) is 0. The fourth-order valence-corrected chi connectivity index (χ4v) is 3.70. The predicted molar refractivity (Wildman–Crippen MR) is 88.6 cm³/mol. The molecule has 2 aromatic carbocycles. The van der Waals surface area contributed by atoms with Crippen LogP contribution in [-0.4, -0.2) is 18.4 Å². The second-order valence-electron chi connectivity index (χ2n) is 4.88. The number of aromatic nitrogens is 2. The van der Waals surface area contributed by atoms with Crippen molar-refractivity contribution in [2.45, 2.75) is 11.8 Å². The maximum atomic E-state index is 12.4. The quantitative estimate of drug-likeness (QED) is 0.650. The van der Waals surface area contributed by atoms with Crippen molar-refractivity contribution in [1.82, 2.24) is 9.97 Å². The molecule has 0 spiro atoms. The first-order valence-corrected chi connectivity index (χ1v) is 8.64. The average Bonchev–Trinajstić information content (AvgIpc) is 2.78. The lowest BCUT2D eigenvalue weighted by atomic mass is 10.2. The third kappa shape index (κ3) is 2.79. The van der Waals surface area contributed by atoms with Gasteiger partial charge in [0.2, 0.25) is 0 Å². The summed E-state index contributed by atoms with van der Waals surface area (Å²) in [6.07, 6.45) is 0. The number of aryl methyl sites for hydroxylation is 1. The third-order valence-corrected chi connectivity index (χ3v) is 5.22. The maximum absolute atomic E-state index is 12.4. The van der Waals surface area contributed by atoms with E-state index in [0.29, 0.717) is 21.2 Å². The summed E-state index contributed by atoms with van der Waals surface area (Å²) in [7, 11) is -3.70. The SMILES string of the molecule is Cc1ccc(S(=O)(=O)Nc2cc3[nH]c(=O)[nH]c3cc2Br)cc1. The molecule has 22 heavy (non-hydrogen) atoms. The van der Waals surface area contributed by atoms with Crippen molar-refractivity contribution in [2.75, 3.05) is 4.72 Å². The minimum atomic E-state index is -3.70. The fourth-order valence-electron chi connectivity index (χ4n) is 2.06. The lowest BCUT2D eigenvalue weighted by molar-refractivity contribution is 0.601. The lowest BCUT2D eigenvalue weighted by Crippen LogP contribution is -2.13. The highest BCUT2D eigenvalue weighted by molar-refractivity contribution is 9.10. The van der Waals surface area contributed by atoms with E-state index in [0.717, 1.165) is 5.56 Å². The van der Waals surface area contributed by atoms with Crippen LogP contribution in [0.4, 0.5) is 5.69 Å². The summed E-state index contributed by atoms with van der Waals surface area (Å²) in [5.41, 5.74) is 2.10. The molecule has 0 aliphatic rings. The van der Waals surface area contributed by atoms with Gasteiger partial charge in [-0.1, -0.05) is 17.7 Å². The Kier molecular flexibility index (Phi) is 3.57. The number of anilines is 1. The van der Waals surface area contributed by atoms with E-state index >= 15 is 0 Å². The first-order chi connectivity index (χ1) is 10.3. The van der Waals surface area contributed by atoms with Crippen LogP contribution in [-0.2, 0) is 10.0 Å². The molecule has 0 saturated heterocycles. The molecule has 0 saturated carbocycles. The zero-order chi connectivity index (χ0) is 15.9. The number of aromatic amines is 2. The molecule has 0 aliphatic heterocycles. The Morgan fingerprint density at radius 3 is 2.27 bits per heavy atom. The van der Waals surface area contributed by atoms with Crippen molar-refractivity contribution in [3.05, 3.63) is 56.9 Å². The van der Waals surface area contributed by atoms with Gasteiger partial charge in [0, 0.05) is 4.47 Å². The minimum Gasteiger partial charge on any atom is -0.306 e. The van der Waals surface area contributed by atoms with Gasteiger partial charge < -0.3 is 9.97 Å². The van der Waals surface area contributed by atoms with Gasteiger partial charge in [0.05, 0.1) is 21.6 Å². The highest BCUT2D eigenvalue weighted by atomic mass is 79.9. The standard InChI is InChI=1S/C14H12BrN3O3S/c1-8-2-4-9(5-3-8)22(20,21)18-11-7-13-12(6-10(11)15)16-14(19)17-13/h2-7,18H,1H3,(H2,16,17,19). The zero-order valence-corrected chi connectivity index (χ0v) is 13.9. The first-order valence-electron chi connectivity index (χ1n) is 6.36. The molecule has 0 bridgehead atoms. The second-order valence-corrected chi connectivity index (χ2v) is 7.41. The van der Waals surface area contributed by atoms with Gasteiger partial charge in [-0.2, -0.15) is 0 Å². The van der Waals surface area contributed by atoms with Gasteiger partial charge in [-0.25, -0.2) is 13.2 Å².